The van der Waals surface area contributed by atoms with Gasteiger partial charge in [0.2, 0.25) is 0 Å². The van der Waals surface area contributed by atoms with Crippen molar-refractivity contribution >= 4 is 34.9 Å². The normalized spacial score (nSPS) is 18.9. The highest BCUT2D eigenvalue weighted by atomic mass is 35.5. The van der Waals surface area contributed by atoms with Gasteiger partial charge in [-0.25, -0.2) is 4.79 Å². The highest BCUT2D eigenvalue weighted by Crippen LogP contribution is 2.23. The Morgan fingerprint density at radius 3 is 2.90 bits per heavy atom. The van der Waals surface area contributed by atoms with E-state index >= 15 is 0 Å². The van der Waals surface area contributed by atoms with Crippen molar-refractivity contribution in [2.75, 3.05) is 20.1 Å². The van der Waals surface area contributed by atoms with Gasteiger partial charge in [-0.2, -0.15) is 0 Å². The lowest BCUT2D eigenvalue weighted by Gasteiger charge is -2.33. The van der Waals surface area contributed by atoms with Crippen LogP contribution in [0.1, 0.15) is 17.7 Å². The number of rotatable bonds is 3. The summed E-state index contributed by atoms with van der Waals surface area (Å²) in [5.41, 5.74) is 0. The van der Waals surface area contributed by atoms with E-state index in [0.717, 1.165) is 11.3 Å². The zero-order valence-electron chi connectivity index (χ0n) is 11.2. The average molecular weight is 317 g/mol. The van der Waals surface area contributed by atoms with Gasteiger partial charge < -0.3 is 14.9 Å². The second kappa shape index (κ2) is 6.45. The molecule has 1 saturated heterocycles. The fourth-order valence-electron chi connectivity index (χ4n) is 2.33. The minimum Gasteiger partial charge on any atom is -0.481 e. The number of thiophene rings is 1. The molecule has 20 heavy (non-hydrogen) atoms. The lowest BCUT2D eigenvalue weighted by Crippen LogP contribution is -2.47. The van der Waals surface area contributed by atoms with Gasteiger partial charge in [0, 0.05) is 25.0 Å². The zero-order chi connectivity index (χ0) is 14.7. The summed E-state index contributed by atoms with van der Waals surface area (Å²) < 4.78 is 0.699. The van der Waals surface area contributed by atoms with Crippen LogP contribution in [0.3, 0.4) is 0 Å². The Kier molecular flexibility index (Phi) is 4.88. The number of urea groups is 1. The van der Waals surface area contributed by atoms with E-state index in [9.17, 15) is 9.59 Å². The lowest BCUT2D eigenvalue weighted by molar-refractivity contribution is -0.143. The number of nitrogens with zero attached hydrogens (tertiary/aromatic N) is 2. The number of hydrogen-bond donors (Lipinski definition) is 1. The van der Waals surface area contributed by atoms with E-state index in [-0.39, 0.29) is 6.03 Å². The minimum atomic E-state index is -0.824. The topological polar surface area (TPSA) is 60.9 Å². The van der Waals surface area contributed by atoms with Crippen LogP contribution in [-0.2, 0) is 11.3 Å². The first-order valence-corrected chi connectivity index (χ1v) is 7.64. The molecule has 1 aromatic rings. The molecule has 1 aromatic heterocycles. The maximum Gasteiger partial charge on any atom is 0.320 e. The first kappa shape index (κ1) is 15.1. The summed E-state index contributed by atoms with van der Waals surface area (Å²) >= 11 is 7.31. The predicted octanol–water partition coefficient (Wildman–Crippen LogP) is 2.75. The molecule has 0 radical (unpaired) electrons. The molecule has 2 heterocycles. The Balaban J connectivity index is 1.94. The van der Waals surface area contributed by atoms with Crippen LogP contribution in [0, 0.1) is 5.92 Å². The molecule has 0 saturated carbocycles. The molecular weight excluding hydrogens is 300 g/mol. The number of carboxylic acid groups (broad SMARTS) is 1. The number of aliphatic carboxylic acids is 1. The molecule has 7 heteroatoms. The second-order valence-corrected chi connectivity index (χ2v) is 6.77. The van der Waals surface area contributed by atoms with Crippen molar-refractivity contribution in [3.8, 4) is 0 Å². The summed E-state index contributed by atoms with van der Waals surface area (Å²) in [7, 11) is 1.72. The summed E-state index contributed by atoms with van der Waals surface area (Å²) in [6.07, 6.45) is 1.38. The zero-order valence-corrected chi connectivity index (χ0v) is 12.8. The maximum absolute atomic E-state index is 12.3. The third-order valence-corrected chi connectivity index (χ3v) is 4.61. The second-order valence-electron chi connectivity index (χ2n) is 4.97. The van der Waals surface area contributed by atoms with Gasteiger partial charge in [0.25, 0.3) is 0 Å². The van der Waals surface area contributed by atoms with Crippen molar-refractivity contribution in [2.45, 2.75) is 19.4 Å². The molecule has 1 unspecified atom stereocenters. The third kappa shape index (κ3) is 3.64. The van der Waals surface area contributed by atoms with Crippen molar-refractivity contribution in [3.63, 3.8) is 0 Å². The van der Waals surface area contributed by atoms with Crippen LogP contribution in [0.15, 0.2) is 12.1 Å². The van der Waals surface area contributed by atoms with Crippen LogP contribution in [0.4, 0.5) is 4.79 Å². The molecule has 0 aliphatic carbocycles. The van der Waals surface area contributed by atoms with Crippen molar-refractivity contribution in [2.24, 2.45) is 5.92 Å². The molecule has 0 aromatic carbocycles. The Hall–Kier alpha value is -1.27. The summed E-state index contributed by atoms with van der Waals surface area (Å²) in [4.78, 5) is 27.6. The maximum atomic E-state index is 12.3. The number of piperidine rings is 1. The number of carbonyl (C=O) groups is 2. The van der Waals surface area contributed by atoms with E-state index in [1.807, 2.05) is 6.07 Å². The van der Waals surface area contributed by atoms with Crippen LogP contribution >= 0.6 is 22.9 Å². The fourth-order valence-corrected chi connectivity index (χ4v) is 3.47. The number of carboxylic acids is 1. The quantitative estimate of drug-likeness (QED) is 0.932. The van der Waals surface area contributed by atoms with E-state index in [1.165, 1.54) is 11.3 Å². The van der Waals surface area contributed by atoms with Crippen LogP contribution in [0.5, 0.6) is 0 Å². The van der Waals surface area contributed by atoms with E-state index < -0.39 is 11.9 Å². The van der Waals surface area contributed by atoms with Gasteiger partial charge in [0.05, 0.1) is 16.8 Å². The number of carbonyl (C=O) groups excluding carboxylic acids is 1. The van der Waals surface area contributed by atoms with Gasteiger partial charge in [0.15, 0.2) is 0 Å². The van der Waals surface area contributed by atoms with Crippen molar-refractivity contribution in [1.82, 2.24) is 9.80 Å². The minimum absolute atomic E-state index is 0.125. The van der Waals surface area contributed by atoms with Crippen LogP contribution in [-0.4, -0.2) is 47.0 Å². The highest BCUT2D eigenvalue weighted by molar-refractivity contribution is 7.16. The van der Waals surface area contributed by atoms with Crippen LogP contribution in [0.2, 0.25) is 4.34 Å². The Morgan fingerprint density at radius 1 is 1.55 bits per heavy atom. The molecule has 110 valence electrons. The molecule has 5 nitrogen and oxygen atoms in total. The lowest BCUT2D eigenvalue weighted by atomic mass is 9.99. The van der Waals surface area contributed by atoms with Gasteiger partial charge in [-0.15, -0.1) is 11.3 Å². The first-order valence-electron chi connectivity index (χ1n) is 6.44. The SMILES string of the molecule is CN(Cc1ccc(Cl)s1)C(=O)N1CCCC(C(=O)O)C1. The van der Waals surface area contributed by atoms with Crippen LogP contribution in [0.25, 0.3) is 0 Å². The van der Waals surface area contributed by atoms with E-state index in [0.29, 0.717) is 30.4 Å². The number of hydrogen-bond acceptors (Lipinski definition) is 3. The predicted molar refractivity (Wildman–Crippen MR) is 78.1 cm³/mol. The fraction of sp³-hybridized carbons (Fsp3) is 0.538. The molecule has 1 atom stereocenters. The number of halogens is 1. The number of likely N-dealkylation sites (tertiary alicyclic amines) is 1. The van der Waals surface area contributed by atoms with Crippen molar-refractivity contribution in [1.29, 1.82) is 0 Å². The molecule has 2 amide bonds. The van der Waals surface area contributed by atoms with E-state index in [2.05, 4.69) is 0 Å². The summed E-state index contributed by atoms with van der Waals surface area (Å²) in [5.74, 6) is -1.27. The third-order valence-electron chi connectivity index (χ3n) is 3.39. The van der Waals surface area contributed by atoms with E-state index in [4.69, 9.17) is 16.7 Å². The molecule has 2 rings (SSSR count). The Morgan fingerprint density at radius 2 is 2.30 bits per heavy atom. The molecule has 0 spiro atoms. The van der Waals surface area contributed by atoms with Crippen LogP contribution < -0.4 is 0 Å². The molecule has 0 bridgehead atoms. The van der Waals surface area contributed by atoms with Gasteiger partial charge >= 0.3 is 12.0 Å². The van der Waals surface area contributed by atoms with E-state index in [1.54, 1.807) is 22.9 Å². The summed E-state index contributed by atoms with van der Waals surface area (Å²) in [5, 5.41) is 9.05. The average Bonchev–Trinajstić information content (AvgIpc) is 2.83. The smallest absolute Gasteiger partial charge is 0.320 e. The number of amides is 2. The van der Waals surface area contributed by atoms with Crippen molar-refractivity contribution in [3.05, 3.63) is 21.3 Å². The van der Waals surface area contributed by atoms with Gasteiger partial charge in [-0.1, -0.05) is 11.6 Å². The first-order chi connectivity index (χ1) is 9.47. The molecule has 1 fully saturated rings. The molecule has 1 aliphatic rings. The highest BCUT2D eigenvalue weighted by Gasteiger charge is 2.29. The largest absolute Gasteiger partial charge is 0.481 e. The Bertz CT molecular complexity index is 506. The molecular formula is C13H17ClN2O3S. The Labute approximate surface area is 126 Å². The summed E-state index contributed by atoms with van der Waals surface area (Å²) in [6, 6.07) is 3.58. The summed E-state index contributed by atoms with van der Waals surface area (Å²) in [6.45, 7) is 1.41. The van der Waals surface area contributed by atoms with Gasteiger partial charge in [0.1, 0.15) is 0 Å². The molecule has 1 aliphatic heterocycles. The van der Waals surface area contributed by atoms with Gasteiger partial charge in [-0.05, 0) is 25.0 Å². The molecule has 1 N–H and O–H groups in total. The standard InChI is InChI=1S/C13H17ClN2O3S/c1-15(8-10-4-5-11(14)20-10)13(19)16-6-2-3-9(7-16)12(17)18/h4-5,9H,2-3,6-8H2,1H3,(H,17,18). The monoisotopic (exact) mass is 316 g/mol. The van der Waals surface area contributed by atoms with Gasteiger partial charge in [-0.3, -0.25) is 4.79 Å². The van der Waals surface area contributed by atoms with Crippen molar-refractivity contribution < 1.29 is 14.7 Å².